The first-order valence-corrected chi connectivity index (χ1v) is 6.16. The molecule has 0 spiro atoms. The topological polar surface area (TPSA) is 24.9 Å². The number of nitrogens with one attached hydrogen (secondary N) is 1. The quantitative estimate of drug-likeness (QED) is 0.628. The fraction of sp³-hybridized carbons (Fsp3) is 0.364. The van der Waals surface area contributed by atoms with Gasteiger partial charge in [0.15, 0.2) is 0 Å². The number of thioether (sulfide) groups is 1. The molecule has 1 rings (SSSR count). The van der Waals surface area contributed by atoms with E-state index in [1.807, 2.05) is 0 Å². The van der Waals surface area contributed by atoms with Crippen molar-refractivity contribution in [3.05, 3.63) is 36.5 Å². The number of hydrogen-bond acceptors (Lipinski definition) is 3. The van der Waals surface area contributed by atoms with E-state index in [0.717, 1.165) is 17.6 Å². The van der Waals surface area contributed by atoms with Crippen LogP contribution in [0.1, 0.15) is 5.69 Å². The van der Waals surface area contributed by atoms with Crippen LogP contribution in [-0.4, -0.2) is 23.0 Å². The third kappa shape index (κ3) is 5.12. The molecule has 1 aromatic heterocycles. The molecule has 1 N–H and O–H groups in total. The molecule has 17 heavy (non-hydrogen) atoms. The van der Waals surface area contributed by atoms with Crippen LogP contribution >= 0.6 is 11.8 Å². The fourth-order valence-corrected chi connectivity index (χ4v) is 1.69. The zero-order valence-electron chi connectivity index (χ0n) is 9.13. The first-order valence-electron chi connectivity index (χ1n) is 5.01. The van der Waals surface area contributed by atoms with E-state index in [2.05, 4.69) is 16.9 Å². The average Bonchev–Trinajstić information content (AvgIpc) is 2.28. The summed E-state index contributed by atoms with van der Waals surface area (Å²) in [4.78, 5) is 3.50. The highest BCUT2D eigenvalue weighted by atomic mass is 32.2. The Bertz CT molecular complexity index is 366. The first kappa shape index (κ1) is 13.9. The monoisotopic (exact) mass is 262 g/mol. The summed E-state index contributed by atoms with van der Waals surface area (Å²) in [5.74, 6) is 1.88. The van der Waals surface area contributed by atoms with Crippen molar-refractivity contribution in [2.24, 2.45) is 0 Å². The molecular weight excluding hydrogens is 249 g/mol. The lowest BCUT2D eigenvalue weighted by molar-refractivity contribution is -0.141. The second-order valence-corrected chi connectivity index (χ2v) is 4.35. The maximum Gasteiger partial charge on any atom is 0.433 e. The van der Waals surface area contributed by atoms with Crippen LogP contribution in [0.4, 0.5) is 19.0 Å². The molecule has 1 heterocycles. The van der Waals surface area contributed by atoms with E-state index in [9.17, 15) is 13.2 Å². The summed E-state index contributed by atoms with van der Waals surface area (Å²) < 4.78 is 37.1. The van der Waals surface area contributed by atoms with Gasteiger partial charge in [0.1, 0.15) is 11.5 Å². The zero-order chi connectivity index (χ0) is 12.7. The molecule has 0 bridgehead atoms. The fourth-order valence-electron chi connectivity index (χ4n) is 1.11. The number of alkyl halides is 3. The maximum absolute atomic E-state index is 12.4. The van der Waals surface area contributed by atoms with Crippen LogP contribution in [-0.2, 0) is 6.18 Å². The normalized spacial score (nSPS) is 11.2. The molecule has 0 aliphatic rings. The lowest BCUT2D eigenvalue weighted by atomic mass is 10.3. The van der Waals surface area contributed by atoms with Crippen LogP contribution < -0.4 is 5.32 Å². The summed E-state index contributed by atoms with van der Waals surface area (Å²) in [6.45, 7) is 4.15. The number of rotatable bonds is 6. The summed E-state index contributed by atoms with van der Waals surface area (Å²) in [7, 11) is 0. The Hall–Kier alpha value is -1.17. The lowest BCUT2D eigenvalue weighted by Gasteiger charge is -2.09. The molecule has 0 saturated heterocycles. The van der Waals surface area contributed by atoms with E-state index in [1.54, 1.807) is 17.8 Å². The van der Waals surface area contributed by atoms with Gasteiger partial charge in [-0.15, -0.1) is 6.58 Å². The van der Waals surface area contributed by atoms with Crippen LogP contribution in [0.5, 0.6) is 0 Å². The maximum atomic E-state index is 12.4. The van der Waals surface area contributed by atoms with Gasteiger partial charge in [0.2, 0.25) is 0 Å². The Labute approximate surface area is 102 Å². The van der Waals surface area contributed by atoms with Crippen molar-refractivity contribution in [2.75, 3.05) is 23.4 Å². The van der Waals surface area contributed by atoms with Crippen LogP contribution in [0.3, 0.4) is 0 Å². The largest absolute Gasteiger partial charge is 0.433 e. The summed E-state index contributed by atoms with van der Waals surface area (Å²) in [5, 5.41) is 2.85. The van der Waals surface area contributed by atoms with E-state index in [4.69, 9.17) is 0 Å². The molecule has 0 aliphatic heterocycles. The Morgan fingerprint density at radius 2 is 2.18 bits per heavy atom. The standard InChI is InChI=1S/C11H13F3N2S/c1-2-7-17-8-6-15-10-5-3-4-9(16-10)11(12,13)14/h2-5H,1,6-8H2,(H,15,16). The highest BCUT2D eigenvalue weighted by Crippen LogP contribution is 2.28. The minimum absolute atomic E-state index is 0.249. The van der Waals surface area contributed by atoms with Gasteiger partial charge >= 0.3 is 6.18 Å². The lowest BCUT2D eigenvalue weighted by Crippen LogP contribution is -2.11. The number of pyridine rings is 1. The van der Waals surface area contributed by atoms with Gasteiger partial charge in [-0.2, -0.15) is 24.9 Å². The van der Waals surface area contributed by atoms with Gasteiger partial charge in [-0.1, -0.05) is 12.1 Å². The number of nitrogens with zero attached hydrogens (tertiary/aromatic N) is 1. The zero-order valence-corrected chi connectivity index (χ0v) is 9.94. The minimum Gasteiger partial charge on any atom is -0.369 e. The molecule has 0 aromatic carbocycles. The van der Waals surface area contributed by atoms with Crippen LogP contribution in [0.2, 0.25) is 0 Å². The van der Waals surface area contributed by atoms with Gasteiger partial charge < -0.3 is 5.32 Å². The molecule has 0 amide bonds. The van der Waals surface area contributed by atoms with E-state index in [0.29, 0.717) is 6.54 Å². The van der Waals surface area contributed by atoms with Crippen molar-refractivity contribution in [1.29, 1.82) is 0 Å². The van der Waals surface area contributed by atoms with Crippen molar-refractivity contribution in [3.8, 4) is 0 Å². The number of anilines is 1. The van der Waals surface area contributed by atoms with Crippen molar-refractivity contribution >= 4 is 17.6 Å². The van der Waals surface area contributed by atoms with Gasteiger partial charge in [-0.3, -0.25) is 0 Å². The second kappa shape index (κ2) is 6.54. The molecule has 0 radical (unpaired) electrons. The third-order valence-electron chi connectivity index (χ3n) is 1.83. The number of aromatic nitrogens is 1. The van der Waals surface area contributed by atoms with Crippen molar-refractivity contribution in [1.82, 2.24) is 4.98 Å². The molecule has 6 heteroatoms. The summed E-state index contributed by atoms with van der Waals surface area (Å²) >= 11 is 1.65. The van der Waals surface area contributed by atoms with Crippen molar-refractivity contribution in [3.63, 3.8) is 0 Å². The number of halogens is 3. The minimum atomic E-state index is -4.39. The Kier molecular flexibility index (Phi) is 5.34. The average molecular weight is 262 g/mol. The van der Waals surface area contributed by atoms with E-state index in [1.165, 1.54) is 12.1 Å². The molecule has 0 aliphatic carbocycles. The third-order valence-corrected chi connectivity index (χ3v) is 2.79. The highest BCUT2D eigenvalue weighted by Gasteiger charge is 2.32. The second-order valence-electron chi connectivity index (χ2n) is 3.20. The van der Waals surface area contributed by atoms with E-state index >= 15 is 0 Å². The summed E-state index contributed by atoms with van der Waals surface area (Å²) in [6, 6.07) is 3.82. The SMILES string of the molecule is C=CCSCCNc1cccc(C(F)(F)F)n1. The van der Waals surface area contributed by atoms with Crippen LogP contribution in [0, 0.1) is 0 Å². The van der Waals surface area contributed by atoms with Crippen molar-refractivity contribution < 1.29 is 13.2 Å². The molecule has 0 atom stereocenters. The number of hydrogen-bond donors (Lipinski definition) is 1. The molecule has 2 nitrogen and oxygen atoms in total. The predicted octanol–water partition coefficient (Wildman–Crippen LogP) is 3.43. The molecular formula is C11H13F3N2S. The molecule has 0 unspecified atom stereocenters. The smallest absolute Gasteiger partial charge is 0.369 e. The summed E-state index contributed by atoms with van der Waals surface area (Å²) in [6.07, 6.45) is -2.61. The Morgan fingerprint density at radius 3 is 2.82 bits per heavy atom. The first-order chi connectivity index (χ1) is 8.04. The summed E-state index contributed by atoms with van der Waals surface area (Å²) in [5.41, 5.74) is -0.874. The van der Waals surface area contributed by atoms with Crippen LogP contribution in [0.25, 0.3) is 0 Å². The molecule has 94 valence electrons. The van der Waals surface area contributed by atoms with Crippen LogP contribution in [0.15, 0.2) is 30.9 Å². The van der Waals surface area contributed by atoms with Gasteiger partial charge in [0, 0.05) is 18.1 Å². The van der Waals surface area contributed by atoms with Crippen molar-refractivity contribution in [2.45, 2.75) is 6.18 Å². The molecule has 0 fully saturated rings. The van der Waals surface area contributed by atoms with Gasteiger partial charge in [-0.25, -0.2) is 4.98 Å². The Balaban J connectivity index is 2.46. The Morgan fingerprint density at radius 1 is 1.41 bits per heavy atom. The van der Waals surface area contributed by atoms with E-state index < -0.39 is 11.9 Å². The van der Waals surface area contributed by atoms with Gasteiger partial charge in [0.25, 0.3) is 0 Å². The van der Waals surface area contributed by atoms with Gasteiger partial charge in [-0.05, 0) is 12.1 Å². The van der Waals surface area contributed by atoms with Gasteiger partial charge in [0.05, 0.1) is 0 Å². The molecule has 0 saturated carbocycles. The molecule has 1 aromatic rings. The highest BCUT2D eigenvalue weighted by molar-refractivity contribution is 7.99. The van der Waals surface area contributed by atoms with E-state index in [-0.39, 0.29) is 5.82 Å². The predicted molar refractivity (Wildman–Crippen MR) is 65.3 cm³/mol.